The van der Waals surface area contributed by atoms with Crippen LogP contribution in [0.15, 0.2) is 53.3 Å². The third kappa shape index (κ3) is 3.78. The molecule has 1 fully saturated rings. The molecule has 0 aliphatic carbocycles. The van der Waals surface area contributed by atoms with E-state index in [1.165, 1.54) is 6.07 Å². The number of rotatable bonds is 6. The molecule has 7 nitrogen and oxygen atoms in total. The minimum Gasteiger partial charge on any atom is -0.383 e. The minimum atomic E-state index is -0.366. The number of nitrogens with one attached hydrogen (secondary N) is 1. The number of benzene rings is 2. The Hall–Kier alpha value is -3.52. The van der Waals surface area contributed by atoms with E-state index < -0.39 is 0 Å². The van der Waals surface area contributed by atoms with Crippen LogP contribution >= 0.6 is 0 Å². The quantitative estimate of drug-likeness (QED) is 0.483. The highest BCUT2D eigenvalue weighted by atomic mass is 19.1. The molecule has 2 aromatic heterocycles. The predicted octanol–water partition coefficient (Wildman–Crippen LogP) is 3.50. The zero-order valence-corrected chi connectivity index (χ0v) is 17.6. The zero-order chi connectivity index (χ0) is 22.1. The molecule has 0 saturated carbocycles. The molecule has 0 bridgehead atoms. The summed E-state index contributed by atoms with van der Waals surface area (Å²) in [6.07, 6.45) is 2.50. The topological polar surface area (TPSA) is 95.1 Å². The lowest BCUT2D eigenvalue weighted by Gasteiger charge is -2.12. The highest BCUT2D eigenvalue weighted by Gasteiger charge is 2.21. The van der Waals surface area contributed by atoms with E-state index in [9.17, 15) is 9.18 Å². The first-order valence-corrected chi connectivity index (χ1v) is 10.8. The highest BCUT2D eigenvalue weighted by Crippen LogP contribution is 2.31. The third-order valence-corrected chi connectivity index (χ3v) is 5.92. The molecule has 0 spiro atoms. The summed E-state index contributed by atoms with van der Waals surface area (Å²) in [4.78, 5) is 22.0. The Kier molecular flexibility index (Phi) is 5.45. The van der Waals surface area contributed by atoms with Gasteiger partial charge in [-0.1, -0.05) is 30.3 Å². The van der Waals surface area contributed by atoms with Gasteiger partial charge in [-0.15, -0.1) is 0 Å². The fourth-order valence-corrected chi connectivity index (χ4v) is 4.21. The Bertz CT molecular complexity index is 1350. The first kappa shape index (κ1) is 20.4. The standard InChI is InChI=1S/C24H24FN5O2/c25-18-9-3-1-6-15(18)11-12-30-22(26)20(27-14-16-7-5-13-32-16)21-23(30)28-19-10-4-2-8-17(19)24(31)29-21/h1-4,6,8-10,16,27H,5,7,11-14,26H2. The van der Waals surface area contributed by atoms with Crippen LogP contribution in [0.25, 0.3) is 22.1 Å². The third-order valence-electron chi connectivity index (χ3n) is 5.92. The lowest BCUT2D eigenvalue weighted by molar-refractivity contribution is 0.120. The van der Waals surface area contributed by atoms with Crippen LogP contribution in [0, 0.1) is 5.82 Å². The zero-order valence-electron chi connectivity index (χ0n) is 17.6. The van der Waals surface area contributed by atoms with Crippen molar-refractivity contribution in [2.75, 3.05) is 24.2 Å². The van der Waals surface area contributed by atoms with Gasteiger partial charge >= 0.3 is 0 Å². The molecule has 1 unspecified atom stereocenters. The molecule has 0 radical (unpaired) electrons. The summed E-state index contributed by atoms with van der Waals surface area (Å²) in [6, 6.07) is 13.8. The average Bonchev–Trinajstić information content (AvgIpc) is 3.36. The molecule has 164 valence electrons. The lowest BCUT2D eigenvalue weighted by Crippen LogP contribution is -2.19. The Morgan fingerprint density at radius 2 is 1.97 bits per heavy atom. The van der Waals surface area contributed by atoms with Crippen molar-refractivity contribution in [1.29, 1.82) is 0 Å². The summed E-state index contributed by atoms with van der Waals surface area (Å²) in [5, 5.41) is 3.78. The highest BCUT2D eigenvalue weighted by molar-refractivity contribution is 5.96. The van der Waals surface area contributed by atoms with Crippen LogP contribution in [0.4, 0.5) is 15.9 Å². The summed E-state index contributed by atoms with van der Waals surface area (Å²) in [7, 11) is 0. The number of aryl methyl sites for hydroxylation is 2. The van der Waals surface area contributed by atoms with Gasteiger partial charge in [-0.3, -0.25) is 4.79 Å². The maximum absolute atomic E-state index is 14.2. The van der Waals surface area contributed by atoms with Crippen LogP contribution in [0.3, 0.4) is 0 Å². The molecule has 32 heavy (non-hydrogen) atoms. The molecule has 5 rings (SSSR count). The number of ether oxygens (including phenoxy) is 1. The first-order chi connectivity index (χ1) is 15.6. The molecule has 4 aromatic rings. The van der Waals surface area contributed by atoms with E-state index in [4.69, 9.17) is 15.5 Å². The largest absolute Gasteiger partial charge is 0.383 e. The van der Waals surface area contributed by atoms with Gasteiger partial charge in [0, 0.05) is 19.7 Å². The van der Waals surface area contributed by atoms with Crippen LogP contribution in [0.1, 0.15) is 18.4 Å². The summed E-state index contributed by atoms with van der Waals surface area (Å²) < 4.78 is 21.7. The van der Waals surface area contributed by atoms with Crippen LogP contribution in [0.5, 0.6) is 0 Å². The van der Waals surface area contributed by atoms with E-state index in [-0.39, 0.29) is 17.5 Å². The second-order valence-electron chi connectivity index (χ2n) is 7.99. The molecule has 1 aliphatic heterocycles. The second-order valence-corrected chi connectivity index (χ2v) is 7.99. The molecule has 1 atom stereocenters. The number of nitrogens with zero attached hydrogens (tertiary/aromatic N) is 3. The maximum atomic E-state index is 14.2. The molecular formula is C24H24FN5O2. The van der Waals surface area contributed by atoms with Crippen molar-refractivity contribution in [3.8, 4) is 0 Å². The number of hydrogen-bond donors (Lipinski definition) is 2. The van der Waals surface area contributed by atoms with Crippen molar-refractivity contribution in [1.82, 2.24) is 14.5 Å². The lowest BCUT2D eigenvalue weighted by atomic mass is 10.1. The van der Waals surface area contributed by atoms with Gasteiger partial charge in [-0.05, 0) is 43.0 Å². The van der Waals surface area contributed by atoms with Crippen molar-refractivity contribution >= 4 is 33.6 Å². The SMILES string of the molecule is Nc1c(NCC2CCCO2)c2nc(=O)c3ccccc3nc2n1CCc1ccccc1F. The van der Waals surface area contributed by atoms with Crippen LogP contribution < -0.4 is 16.6 Å². The normalized spacial score (nSPS) is 16.1. The molecule has 3 heterocycles. The van der Waals surface area contributed by atoms with E-state index in [1.807, 2.05) is 6.07 Å². The fourth-order valence-electron chi connectivity index (χ4n) is 4.21. The molecule has 2 aromatic carbocycles. The number of halogens is 1. The van der Waals surface area contributed by atoms with Gasteiger partial charge in [0.25, 0.3) is 5.56 Å². The number of para-hydroxylation sites is 1. The van der Waals surface area contributed by atoms with Gasteiger partial charge in [-0.25, -0.2) is 14.4 Å². The molecule has 8 heteroatoms. The second kappa shape index (κ2) is 8.55. The predicted molar refractivity (Wildman–Crippen MR) is 123 cm³/mol. The first-order valence-electron chi connectivity index (χ1n) is 10.8. The van der Waals surface area contributed by atoms with Gasteiger partial charge in [0.2, 0.25) is 0 Å². The summed E-state index contributed by atoms with van der Waals surface area (Å²) in [5.41, 5.74) is 8.75. The molecule has 1 aliphatic rings. The monoisotopic (exact) mass is 433 g/mol. The van der Waals surface area contributed by atoms with Gasteiger partial charge in [0.15, 0.2) is 5.65 Å². The Morgan fingerprint density at radius 1 is 1.16 bits per heavy atom. The van der Waals surface area contributed by atoms with Crippen LogP contribution in [0.2, 0.25) is 0 Å². The van der Waals surface area contributed by atoms with Crippen molar-refractivity contribution in [3.63, 3.8) is 0 Å². The van der Waals surface area contributed by atoms with Crippen LogP contribution in [-0.4, -0.2) is 33.8 Å². The summed E-state index contributed by atoms with van der Waals surface area (Å²) in [5.74, 6) is 0.159. The number of fused-ring (bicyclic) bond motifs is 2. The van der Waals surface area contributed by atoms with Gasteiger partial charge < -0.3 is 20.4 Å². The smallest absolute Gasteiger partial charge is 0.279 e. The number of nitrogens with two attached hydrogens (primary N) is 1. The average molecular weight is 433 g/mol. The minimum absolute atomic E-state index is 0.0856. The van der Waals surface area contributed by atoms with Crippen molar-refractivity contribution in [2.24, 2.45) is 0 Å². The summed E-state index contributed by atoms with van der Waals surface area (Å²) >= 11 is 0. The van der Waals surface area contributed by atoms with Gasteiger partial charge in [0.1, 0.15) is 22.8 Å². The molecule has 0 amide bonds. The number of anilines is 2. The number of hydrogen-bond acceptors (Lipinski definition) is 6. The van der Waals surface area contributed by atoms with E-state index in [1.54, 1.807) is 41.0 Å². The van der Waals surface area contributed by atoms with Gasteiger partial charge in [0.05, 0.1) is 17.0 Å². The maximum Gasteiger partial charge on any atom is 0.279 e. The Morgan fingerprint density at radius 3 is 2.78 bits per heavy atom. The van der Waals surface area contributed by atoms with Crippen LogP contribution in [-0.2, 0) is 17.7 Å². The van der Waals surface area contributed by atoms with Crippen molar-refractivity contribution in [3.05, 3.63) is 70.3 Å². The van der Waals surface area contributed by atoms with E-state index >= 15 is 0 Å². The van der Waals surface area contributed by atoms with Crippen molar-refractivity contribution in [2.45, 2.75) is 31.9 Å². The fraction of sp³-hybridized carbons (Fsp3) is 0.292. The Labute approximate surface area is 184 Å². The Balaban J connectivity index is 1.62. The number of aromatic nitrogens is 3. The molecular weight excluding hydrogens is 409 g/mol. The van der Waals surface area contributed by atoms with Gasteiger partial charge in [-0.2, -0.15) is 0 Å². The molecule has 3 N–H and O–H groups in total. The van der Waals surface area contributed by atoms with E-state index in [0.717, 1.165) is 19.4 Å². The molecule has 1 saturated heterocycles. The summed E-state index contributed by atoms with van der Waals surface area (Å²) in [6.45, 7) is 1.70. The van der Waals surface area contributed by atoms with E-state index in [0.29, 0.717) is 58.6 Å². The number of nitrogen functional groups attached to an aromatic ring is 1. The van der Waals surface area contributed by atoms with Crippen molar-refractivity contribution < 1.29 is 9.13 Å². The van der Waals surface area contributed by atoms with E-state index in [2.05, 4.69) is 10.3 Å².